The van der Waals surface area contributed by atoms with Crippen LogP contribution in [0.25, 0.3) is 0 Å². The molecule has 0 saturated heterocycles. The highest BCUT2D eigenvalue weighted by atomic mass is 35.5. The molecule has 2 heterocycles. The van der Waals surface area contributed by atoms with Crippen LogP contribution in [0.15, 0.2) is 6.07 Å². The third-order valence-electron chi connectivity index (χ3n) is 3.01. The van der Waals surface area contributed by atoms with E-state index >= 15 is 0 Å². The molecule has 1 N–H and O–H groups in total. The van der Waals surface area contributed by atoms with Crippen LogP contribution in [0.2, 0.25) is 0 Å². The lowest BCUT2D eigenvalue weighted by atomic mass is 10.2. The quantitative estimate of drug-likeness (QED) is 0.813. The van der Waals surface area contributed by atoms with Crippen molar-refractivity contribution in [3.63, 3.8) is 0 Å². The number of amides is 1. The molecule has 1 aromatic rings. The molecule has 0 fully saturated rings. The lowest BCUT2D eigenvalue weighted by Gasteiger charge is -2.33. The Hall–Kier alpha value is -1.07. The van der Waals surface area contributed by atoms with Crippen LogP contribution in [-0.2, 0) is 24.5 Å². The Morgan fingerprint density at radius 3 is 3.12 bits per heavy atom. The van der Waals surface area contributed by atoms with Crippen molar-refractivity contribution in [2.24, 2.45) is 0 Å². The van der Waals surface area contributed by atoms with Crippen molar-refractivity contribution < 1.29 is 9.90 Å². The third-order valence-corrected chi connectivity index (χ3v) is 3.20. The molecule has 0 saturated carbocycles. The zero-order valence-corrected chi connectivity index (χ0v) is 10.5. The summed E-state index contributed by atoms with van der Waals surface area (Å²) in [7, 11) is 0. The van der Waals surface area contributed by atoms with E-state index in [0.717, 1.165) is 5.69 Å². The Morgan fingerprint density at radius 2 is 2.47 bits per heavy atom. The smallest absolute Gasteiger partial charge is 0.224 e. The molecular weight excluding hydrogens is 242 g/mol. The van der Waals surface area contributed by atoms with E-state index in [1.165, 1.54) is 0 Å². The van der Waals surface area contributed by atoms with E-state index in [9.17, 15) is 4.79 Å². The fourth-order valence-electron chi connectivity index (χ4n) is 2.12. The number of rotatable bonds is 3. The van der Waals surface area contributed by atoms with E-state index in [1.54, 1.807) is 0 Å². The van der Waals surface area contributed by atoms with E-state index in [1.807, 2.05) is 22.6 Å². The van der Waals surface area contributed by atoms with Crippen LogP contribution in [0.3, 0.4) is 0 Å². The van der Waals surface area contributed by atoms with Gasteiger partial charge < -0.3 is 10.0 Å². The summed E-state index contributed by atoms with van der Waals surface area (Å²) >= 11 is 5.59. The van der Waals surface area contributed by atoms with Crippen LogP contribution in [0.1, 0.15) is 24.7 Å². The lowest BCUT2D eigenvalue weighted by molar-refractivity contribution is -0.134. The molecule has 0 unspecified atom stereocenters. The van der Waals surface area contributed by atoms with Gasteiger partial charge in [-0.2, -0.15) is 5.10 Å². The van der Waals surface area contributed by atoms with Crippen molar-refractivity contribution in [3.05, 3.63) is 17.5 Å². The summed E-state index contributed by atoms with van der Waals surface area (Å²) in [5, 5.41) is 13.3. The van der Waals surface area contributed by atoms with Gasteiger partial charge in [-0.05, 0) is 13.0 Å². The van der Waals surface area contributed by atoms with Crippen LogP contribution >= 0.6 is 11.6 Å². The summed E-state index contributed by atoms with van der Waals surface area (Å²) in [6.45, 7) is 3.15. The van der Waals surface area contributed by atoms with Crippen LogP contribution in [0.4, 0.5) is 0 Å². The first-order valence-corrected chi connectivity index (χ1v) is 6.21. The van der Waals surface area contributed by atoms with Gasteiger partial charge in [0.25, 0.3) is 0 Å². The Labute approximate surface area is 105 Å². The Kier molecular flexibility index (Phi) is 3.69. The monoisotopic (exact) mass is 257 g/mol. The number of carbonyl (C=O) groups excluding carboxylic acids is 1. The number of aliphatic hydroxyl groups is 1. The van der Waals surface area contributed by atoms with Gasteiger partial charge in [0.15, 0.2) is 0 Å². The van der Waals surface area contributed by atoms with Crippen molar-refractivity contribution in [2.75, 3.05) is 5.88 Å². The number of fused-ring (bicyclic) bond motifs is 1. The second-order valence-corrected chi connectivity index (χ2v) is 4.65. The molecule has 1 aliphatic rings. The van der Waals surface area contributed by atoms with Crippen LogP contribution < -0.4 is 0 Å². The van der Waals surface area contributed by atoms with Crippen LogP contribution in [-0.4, -0.2) is 37.6 Å². The molecule has 1 aromatic heterocycles. The number of carbonyl (C=O) groups is 1. The molecule has 2 rings (SSSR count). The maximum atomic E-state index is 11.9. The second kappa shape index (κ2) is 5.06. The van der Waals surface area contributed by atoms with E-state index in [0.29, 0.717) is 31.1 Å². The molecule has 1 aliphatic heterocycles. The van der Waals surface area contributed by atoms with Crippen molar-refractivity contribution in [1.82, 2.24) is 14.7 Å². The van der Waals surface area contributed by atoms with Gasteiger partial charge in [-0.15, -0.1) is 11.6 Å². The molecule has 5 nitrogen and oxygen atoms in total. The summed E-state index contributed by atoms with van der Waals surface area (Å²) < 4.78 is 1.86. The van der Waals surface area contributed by atoms with E-state index < -0.39 is 0 Å². The average Bonchev–Trinajstić information content (AvgIpc) is 2.70. The molecule has 0 radical (unpaired) electrons. The molecule has 0 aliphatic carbocycles. The summed E-state index contributed by atoms with van der Waals surface area (Å²) in [4.78, 5) is 13.7. The lowest BCUT2D eigenvalue weighted by Crippen LogP contribution is -2.44. The number of alkyl halides is 1. The van der Waals surface area contributed by atoms with Gasteiger partial charge in [-0.25, -0.2) is 0 Å². The number of hydrogen-bond donors (Lipinski definition) is 1. The van der Waals surface area contributed by atoms with Gasteiger partial charge in [-0.3, -0.25) is 9.48 Å². The first-order chi connectivity index (χ1) is 8.15. The summed E-state index contributed by atoms with van der Waals surface area (Å²) in [5.74, 6) is 0.425. The highest BCUT2D eigenvalue weighted by molar-refractivity contribution is 6.18. The van der Waals surface area contributed by atoms with Crippen molar-refractivity contribution in [3.8, 4) is 0 Å². The average molecular weight is 258 g/mol. The number of hydrogen-bond acceptors (Lipinski definition) is 3. The molecule has 17 heavy (non-hydrogen) atoms. The summed E-state index contributed by atoms with van der Waals surface area (Å²) in [6, 6.07) is 1.96. The fourth-order valence-corrected chi connectivity index (χ4v) is 2.28. The Morgan fingerprint density at radius 1 is 1.71 bits per heavy atom. The van der Waals surface area contributed by atoms with E-state index in [-0.39, 0.29) is 18.6 Å². The maximum absolute atomic E-state index is 11.9. The predicted molar refractivity (Wildman–Crippen MR) is 63.5 cm³/mol. The minimum absolute atomic E-state index is 0.0655. The molecule has 6 heteroatoms. The molecular formula is C11H16ClN3O2. The zero-order chi connectivity index (χ0) is 12.4. The first kappa shape index (κ1) is 12.4. The van der Waals surface area contributed by atoms with Gasteiger partial charge in [0.05, 0.1) is 31.1 Å². The third kappa shape index (κ3) is 2.45. The number of aliphatic hydroxyl groups excluding tert-OH is 1. The minimum Gasteiger partial charge on any atom is -0.390 e. The number of aromatic nitrogens is 2. The molecule has 0 spiro atoms. The van der Waals surface area contributed by atoms with Crippen LogP contribution in [0.5, 0.6) is 0 Å². The van der Waals surface area contributed by atoms with Crippen LogP contribution in [0, 0.1) is 0 Å². The number of nitrogens with zero attached hydrogens (tertiary/aromatic N) is 3. The maximum Gasteiger partial charge on any atom is 0.224 e. The van der Waals surface area contributed by atoms with Crippen molar-refractivity contribution >= 4 is 17.5 Å². The summed E-state index contributed by atoms with van der Waals surface area (Å²) in [6.07, 6.45) is 0.368. The van der Waals surface area contributed by atoms with Gasteiger partial charge in [0, 0.05) is 18.3 Å². The topological polar surface area (TPSA) is 58.4 Å². The van der Waals surface area contributed by atoms with Gasteiger partial charge >= 0.3 is 0 Å². The molecule has 1 atom stereocenters. The highest BCUT2D eigenvalue weighted by Crippen LogP contribution is 2.19. The second-order valence-electron chi connectivity index (χ2n) is 4.28. The molecule has 0 aromatic carbocycles. The normalized spacial score (nSPS) is 19.2. The SMILES string of the molecule is C[C@H]1Cn2nc(CO)cc2CN1C(=O)CCCl. The van der Waals surface area contributed by atoms with Crippen molar-refractivity contribution in [2.45, 2.75) is 39.1 Å². The molecule has 0 bridgehead atoms. The fraction of sp³-hybridized carbons (Fsp3) is 0.636. The van der Waals surface area contributed by atoms with Gasteiger partial charge in [0.1, 0.15) is 0 Å². The van der Waals surface area contributed by atoms with Crippen molar-refractivity contribution in [1.29, 1.82) is 0 Å². The Balaban J connectivity index is 2.17. The molecule has 94 valence electrons. The Bertz CT molecular complexity index is 419. The zero-order valence-electron chi connectivity index (χ0n) is 9.77. The van der Waals surface area contributed by atoms with Gasteiger partial charge in [-0.1, -0.05) is 0 Å². The first-order valence-electron chi connectivity index (χ1n) is 5.67. The molecule has 1 amide bonds. The minimum atomic E-state index is -0.0655. The highest BCUT2D eigenvalue weighted by Gasteiger charge is 2.27. The van der Waals surface area contributed by atoms with E-state index in [2.05, 4.69) is 5.10 Å². The predicted octanol–water partition coefficient (Wildman–Crippen LogP) is 0.735. The van der Waals surface area contributed by atoms with E-state index in [4.69, 9.17) is 16.7 Å². The largest absolute Gasteiger partial charge is 0.390 e. The standard InChI is InChI=1S/C11H16ClN3O2/c1-8-5-15-10(4-9(7-16)13-15)6-14(8)11(17)2-3-12/h4,8,16H,2-3,5-7H2,1H3/t8-/m0/s1. The summed E-state index contributed by atoms with van der Waals surface area (Å²) in [5.41, 5.74) is 1.62. The number of halogens is 1. The van der Waals surface area contributed by atoms with Gasteiger partial charge in [0.2, 0.25) is 5.91 Å².